The number of carbonyl (C=O) groups is 2. The van der Waals surface area contributed by atoms with Crippen LogP contribution in [0, 0.1) is 0 Å². The lowest BCUT2D eigenvalue weighted by atomic mass is 9.97. The van der Waals surface area contributed by atoms with Crippen LogP contribution in [0.3, 0.4) is 0 Å². The van der Waals surface area contributed by atoms with Gasteiger partial charge in [-0.2, -0.15) is 0 Å². The Bertz CT molecular complexity index is 659. The summed E-state index contributed by atoms with van der Waals surface area (Å²) in [4.78, 5) is 27.9. The Hall–Kier alpha value is -2.40. The molecule has 0 saturated carbocycles. The van der Waals surface area contributed by atoms with E-state index < -0.39 is 11.9 Å². The Morgan fingerprint density at radius 2 is 1.96 bits per heavy atom. The zero-order valence-corrected chi connectivity index (χ0v) is 13.4. The molecule has 1 unspecified atom stereocenters. The fourth-order valence-corrected chi connectivity index (χ4v) is 2.20. The molecule has 1 aromatic carbocycles. The third-order valence-corrected chi connectivity index (χ3v) is 3.46. The van der Waals surface area contributed by atoms with Crippen LogP contribution in [-0.2, 0) is 14.3 Å². The quantitative estimate of drug-likeness (QED) is 0.823. The van der Waals surface area contributed by atoms with E-state index in [-0.39, 0.29) is 12.5 Å². The number of halogens is 1. The molecule has 0 aliphatic heterocycles. The average Bonchev–Trinajstić information content (AvgIpc) is 2.57. The molecule has 23 heavy (non-hydrogen) atoms. The molecule has 0 aliphatic carbocycles. The van der Waals surface area contributed by atoms with Gasteiger partial charge in [0.2, 0.25) is 0 Å². The summed E-state index contributed by atoms with van der Waals surface area (Å²) < 4.78 is 5.10. The maximum Gasteiger partial charge on any atom is 0.313 e. The molecule has 0 radical (unpaired) electrons. The van der Waals surface area contributed by atoms with Crippen LogP contribution in [-0.4, -0.2) is 23.5 Å². The van der Waals surface area contributed by atoms with Gasteiger partial charge in [0.15, 0.2) is 6.61 Å². The highest BCUT2D eigenvalue weighted by molar-refractivity contribution is 6.30. The van der Waals surface area contributed by atoms with E-state index >= 15 is 0 Å². The standard InChI is InChI=1S/C17H17ClN2O3/c1-2-14(12-6-4-3-5-7-12)17(22)23-11-16(21)20-15-9-8-13(18)10-19-15/h3-10,14H,2,11H2,1H3,(H,19,20,21). The molecule has 120 valence electrons. The van der Waals surface area contributed by atoms with Crippen LogP contribution in [0.5, 0.6) is 0 Å². The fraction of sp³-hybridized carbons (Fsp3) is 0.235. The number of hydrogen-bond acceptors (Lipinski definition) is 4. The molecule has 1 aromatic heterocycles. The number of anilines is 1. The van der Waals surface area contributed by atoms with Gasteiger partial charge < -0.3 is 10.1 Å². The van der Waals surface area contributed by atoms with Crippen molar-refractivity contribution in [1.29, 1.82) is 0 Å². The summed E-state index contributed by atoms with van der Waals surface area (Å²) >= 11 is 5.72. The Balaban J connectivity index is 1.87. The second-order valence-electron chi connectivity index (χ2n) is 4.89. The topological polar surface area (TPSA) is 68.3 Å². The second kappa shape index (κ2) is 8.29. The molecule has 1 N–H and O–H groups in total. The Kier molecular flexibility index (Phi) is 6.11. The number of pyridine rings is 1. The van der Waals surface area contributed by atoms with E-state index in [0.717, 1.165) is 5.56 Å². The van der Waals surface area contributed by atoms with Crippen LogP contribution in [0.25, 0.3) is 0 Å². The van der Waals surface area contributed by atoms with Gasteiger partial charge in [-0.1, -0.05) is 48.9 Å². The molecule has 1 atom stereocenters. The molecule has 5 nitrogen and oxygen atoms in total. The molecule has 0 spiro atoms. The maximum atomic E-state index is 12.1. The van der Waals surface area contributed by atoms with Crippen molar-refractivity contribution >= 4 is 29.3 Å². The normalized spacial score (nSPS) is 11.6. The number of benzene rings is 1. The Morgan fingerprint density at radius 3 is 2.57 bits per heavy atom. The number of aromatic nitrogens is 1. The van der Waals surface area contributed by atoms with Crippen molar-refractivity contribution in [2.75, 3.05) is 11.9 Å². The predicted molar refractivity (Wildman–Crippen MR) is 88.3 cm³/mol. The van der Waals surface area contributed by atoms with E-state index in [1.165, 1.54) is 6.20 Å². The minimum atomic E-state index is -0.448. The zero-order valence-electron chi connectivity index (χ0n) is 12.7. The number of amides is 1. The zero-order chi connectivity index (χ0) is 16.7. The number of nitrogens with one attached hydrogen (secondary N) is 1. The van der Waals surface area contributed by atoms with E-state index in [0.29, 0.717) is 17.3 Å². The molecule has 0 bridgehead atoms. The van der Waals surface area contributed by atoms with Crippen LogP contribution >= 0.6 is 11.6 Å². The van der Waals surface area contributed by atoms with Gasteiger partial charge >= 0.3 is 5.97 Å². The third-order valence-electron chi connectivity index (χ3n) is 3.24. The molecule has 1 amide bonds. The van der Waals surface area contributed by atoms with Crippen molar-refractivity contribution in [1.82, 2.24) is 4.98 Å². The summed E-state index contributed by atoms with van der Waals surface area (Å²) in [5.41, 5.74) is 0.875. The largest absolute Gasteiger partial charge is 0.455 e. The van der Waals surface area contributed by atoms with Crippen molar-refractivity contribution in [2.45, 2.75) is 19.3 Å². The molecule has 0 fully saturated rings. The number of ether oxygens (including phenoxy) is 1. The number of nitrogens with zero attached hydrogens (tertiary/aromatic N) is 1. The maximum absolute atomic E-state index is 12.1. The first kappa shape index (κ1) is 17.0. The van der Waals surface area contributed by atoms with Gasteiger partial charge in [-0.05, 0) is 24.1 Å². The first-order chi connectivity index (χ1) is 11.1. The van der Waals surface area contributed by atoms with Gasteiger partial charge in [0.05, 0.1) is 10.9 Å². The minimum absolute atomic E-state index is 0.352. The van der Waals surface area contributed by atoms with Gasteiger partial charge in [-0.25, -0.2) is 4.98 Å². The average molecular weight is 333 g/mol. The smallest absolute Gasteiger partial charge is 0.313 e. The lowest BCUT2D eigenvalue weighted by molar-refractivity contribution is -0.149. The van der Waals surface area contributed by atoms with Crippen LogP contribution in [0.4, 0.5) is 5.82 Å². The van der Waals surface area contributed by atoms with Gasteiger partial charge in [0.1, 0.15) is 5.82 Å². The van der Waals surface area contributed by atoms with E-state index in [1.807, 2.05) is 37.3 Å². The predicted octanol–water partition coefficient (Wildman–Crippen LogP) is 3.41. The first-order valence-electron chi connectivity index (χ1n) is 7.23. The van der Waals surface area contributed by atoms with Crippen molar-refractivity contribution in [2.24, 2.45) is 0 Å². The van der Waals surface area contributed by atoms with Gasteiger partial charge in [0, 0.05) is 6.20 Å². The summed E-state index contributed by atoms with van der Waals surface area (Å²) in [6, 6.07) is 12.5. The lowest BCUT2D eigenvalue weighted by Crippen LogP contribution is -2.24. The number of esters is 1. The molecule has 2 aromatic rings. The van der Waals surface area contributed by atoms with Crippen molar-refractivity contribution < 1.29 is 14.3 Å². The third kappa shape index (κ3) is 5.07. The molecule has 2 rings (SSSR count). The SMILES string of the molecule is CCC(C(=O)OCC(=O)Nc1ccc(Cl)cn1)c1ccccc1. The molecule has 1 heterocycles. The molecular formula is C17H17ClN2O3. The highest BCUT2D eigenvalue weighted by atomic mass is 35.5. The van der Waals surface area contributed by atoms with E-state index in [4.69, 9.17) is 16.3 Å². The molecular weight excluding hydrogens is 316 g/mol. The number of hydrogen-bond donors (Lipinski definition) is 1. The van der Waals surface area contributed by atoms with Gasteiger partial charge in [-0.15, -0.1) is 0 Å². The van der Waals surface area contributed by atoms with Crippen molar-refractivity contribution in [3.63, 3.8) is 0 Å². The molecule has 6 heteroatoms. The summed E-state index contributed by atoms with van der Waals surface area (Å²) in [5.74, 6) is -0.891. The summed E-state index contributed by atoms with van der Waals surface area (Å²) in [6.45, 7) is 1.54. The number of rotatable bonds is 6. The van der Waals surface area contributed by atoms with Crippen LogP contribution in [0.15, 0.2) is 48.7 Å². The Morgan fingerprint density at radius 1 is 1.22 bits per heavy atom. The summed E-state index contributed by atoms with van der Waals surface area (Å²) in [6.07, 6.45) is 2.02. The molecule has 0 aliphatic rings. The van der Waals surface area contributed by atoms with Crippen LogP contribution in [0.1, 0.15) is 24.8 Å². The van der Waals surface area contributed by atoms with E-state index in [2.05, 4.69) is 10.3 Å². The van der Waals surface area contributed by atoms with E-state index in [1.54, 1.807) is 12.1 Å². The number of carbonyl (C=O) groups excluding carboxylic acids is 2. The highest BCUT2D eigenvalue weighted by Crippen LogP contribution is 2.20. The Labute approximate surface area is 139 Å². The van der Waals surface area contributed by atoms with Crippen LogP contribution < -0.4 is 5.32 Å². The highest BCUT2D eigenvalue weighted by Gasteiger charge is 2.20. The van der Waals surface area contributed by atoms with E-state index in [9.17, 15) is 9.59 Å². The van der Waals surface area contributed by atoms with Gasteiger partial charge in [-0.3, -0.25) is 9.59 Å². The van der Waals surface area contributed by atoms with Gasteiger partial charge in [0.25, 0.3) is 5.91 Å². The fourth-order valence-electron chi connectivity index (χ4n) is 2.09. The monoisotopic (exact) mass is 332 g/mol. The van der Waals surface area contributed by atoms with Crippen molar-refractivity contribution in [3.05, 3.63) is 59.2 Å². The summed E-state index contributed by atoms with van der Waals surface area (Å²) in [5, 5.41) is 3.01. The van der Waals surface area contributed by atoms with Crippen molar-refractivity contribution in [3.8, 4) is 0 Å². The summed E-state index contributed by atoms with van der Waals surface area (Å²) in [7, 11) is 0. The second-order valence-corrected chi connectivity index (χ2v) is 5.33. The lowest BCUT2D eigenvalue weighted by Gasteiger charge is -2.14. The minimum Gasteiger partial charge on any atom is -0.455 e. The van der Waals surface area contributed by atoms with Crippen LogP contribution in [0.2, 0.25) is 5.02 Å². The molecule has 0 saturated heterocycles. The first-order valence-corrected chi connectivity index (χ1v) is 7.61.